The van der Waals surface area contributed by atoms with Crippen LogP contribution in [0.5, 0.6) is 0 Å². The molecule has 0 aliphatic heterocycles. The van der Waals surface area contributed by atoms with Gasteiger partial charge in [-0.25, -0.2) is 0 Å². The van der Waals surface area contributed by atoms with Crippen LogP contribution in [0.15, 0.2) is 105 Å². The van der Waals surface area contributed by atoms with Gasteiger partial charge in [0, 0.05) is 11.4 Å². The summed E-state index contributed by atoms with van der Waals surface area (Å²) in [5.41, 5.74) is -1.62. The molecule has 68 heavy (non-hydrogen) atoms. The Bertz CT molecular complexity index is 2740. The fraction of sp³-hybridized carbons (Fsp3) is 0.182. The molecule has 354 valence electrons. The van der Waals surface area contributed by atoms with Gasteiger partial charge in [-0.1, -0.05) is 46.4 Å². The van der Waals surface area contributed by atoms with Gasteiger partial charge in [0.2, 0.25) is 12.1 Å². The quantitative estimate of drug-likeness (QED) is 0.0484. The number of alkyl halides is 6. The van der Waals surface area contributed by atoms with Gasteiger partial charge in [-0.3, -0.25) is 28.8 Å². The molecular formula is C44H32Cl4F6N8O6. The number of Topliss-reactive ketones (excluding diaryl/α,β-unsaturated/α-hetero) is 2. The number of hydrogen-bond donors (Lipinski definition) is 4. The van der Waals surface area contributed by atoms with Gasteiger partial charge < -0.3 is 21.3 Å². The number of aryl methyl sites for hydroxylation is 2. The van der Waals surface area contributed by atoms with Crippen LogP contribution < -0.4 is 21.3 Å². The van der Waals surface area contributed by atoms with Crippen molar-refractivity contribution in [3.63, 3.8) is 0 Å². The van der Waals surface area contributed by atoms with Crippen LogP contribution in [-0.4, -0.2) is 47.3 Å². The summed E-state index contributed by atoms with van der Waals surface area (Å²) >= 11 is 24.3. The Labute approximate surface area is 401 Å². The van der Waals surface area contributed by atoms with E-state index in [1.165, 1.54) is 36.4 Å². The summed E-state index contributed by atoms with van der Waals surface area (Å²) in [6, 6.07) is 11.7. The van der Waals surface area contributed by atoms with E-state index in [9.17, 15) is 55.1 Å². The Balaban J connectivity index is 1.25. The van der Waals surface area contributed by atoms with Crippen LogP contribution in [0.3, 0.4) is 0 Å². The molecule has 0 heterocycles. The minimum atomic E-state index is -4.67. The number of hydrogen-bond acceptors (Lipinski definition) is 10. The minimum Gasteiger partial charge on any atom is -0.324 e. The van der Waals surface area contributed by atoms with Crippen LogP contribution in [0.4, 0.5) is 60.5 Å². The highest BCUT2D eigenvalue weighted by Gasteiger charge is 2.32. The van der Waals surface area contributed by atoms with E-state index in [4.69, 9.17) is 46.4 Å². The third-order valence-corrected chi connectivity index (χ3v) is 10.7. The first-order chi connectivity index (χ1) is 31.7. The first kappa shape index (κ1) is 52.2. The Morgan fingerprint density at radius 3 is 1.13 bits per heavy atom. The summed E-state index contributed by atoms with van der Waals surface area (Å²) in [4.78, 5) is 78.0. The Morgan fingerprint density at radius 2 is 0.824 bits per heavy atom. The summed E-state index contributed by atoms with van der Waals surface area (Å²) in [7, 11) is 0. The second kappa shape index (κ2) is 21.5. The van der Waals surface area contributed by atoms with Gasteiger partial charge >= 0.3 is 12.4 Å². The smallest absolute Gasteiger partial charge is 0.324 e. The maximum absolute atomic E-state index is 13.4. The van der Waals surface area contributed by atoms with Gasteiger partial charge in [0.15, 0.2) is 11.6 Å². The lowest BCUT2D eigenvalue weighted by Gasteiger charge is -2.16. The molecule has 24 heteroatoms. The summed E-state index contributed by atoms with van der Waals surface area (Å²) < 4.78 is 78.4. The van der Waals surface area contributed by atoms with Crippen LogP contribution in [0.2, 0.25) is 20.1 Å². The predicted octanol–water partition coefficient (Wildman–Crippen LogP) is 12.8. The van der Waals surface area contributed by atoms with Crippen LogP contribution in [0.1, 0.15) is 56.8 Å². The van der Waals surface area contributed by atoms with Crippen molar-refractivity contribution >= 4 is 116 Å². The second-order valence-electron chi connectivity index (χ2n) is 14.5. The number of nitrogens with zero attached hydrogens (tertiary/aromatic N) is 4. The maximum Gasteiger partial charge on any atom is 0.416 e. The van der Waals surface area contributed by atoms with Gasteiger partial charge in [-0.05, 0) is 124 Å². The van der Waals surface area contributed by atoms with Crippen LogP contribution in [0.25, 0.3) is 0 Å². The first-order valence-electron chi connectivity index (χ1n) is 19.2. The number of nitrogens with one attached hydrogen (secondary N) is 4. The lowest BCUT2D eigenvalue weighted by molar-refractivity contribution is -0.138. The lowest BCUT2D eigenvalue weighted by atomic mass is 10.1. The third kappa shape index (κ3) is 13.2. The molecule has 0 radical (unpaired) electrons. The average Bonchev–Trinajstić information content (AvgIpc) is 3.24. The largest absolute Gasteiger partial charge is 0.416 e. The molecule has 0 aliphatic rings. The van der Waals surface area contributed by atoms with Crippen molar-refractivity contribution in [2.75, 3.05) is 21.3 Å². The zero-order valence-corrected chi connectivity index (χ0v) is 38.3. The molecule has 5 rings (SSSR count). The number of azo groups is 2. The average molecular weight is 1020 g/mol. The number of halogens is 10. The van der Waals surface area contributed by atoms with E-state index in [0.29, 0.717) is 23.3 Å². The molecule has 2 atom stereocenters. The highest BCUT2D eigenvalue weighted by Crippen LogP contribution is 2.36. The predicted molar refractivity (Wildman–Crippen MR) is 243 cm³/mol. The number of amides is 4. The van der Waals surface area contributed by atoms with Crippen molar-refractivity contribution in [1.29, 1.82) is 0 Å². The Morgan fingerprint density at radius 1 is 0.471 bits per heavy atom. The van der Waals surface area contributed by atoms with Crippen molar-refractivity contribution in [3.05, 3.63) is 138 Å². The van der Waals surface area contributed by atoms with Gasteiger partial charge in [-0.15, -0.1) is 0 Å². The number of benzene rings is 5. The van der Waals surface area contributed by atoms with E-state index < -0.39 is 80.8 Å². The van der Waals surface area contributed by atoms with Gasteiger partial charge in [0.05, 0.1) is 65.1 Å². The monoisotopic (exact) mass is 1020 g/mol. The van der Waals surface area contributed by atoms with Gasteiger partial charge in [0.25, 0.3) is 23.6 Å². The molecule has 4 N–H and O–H groups in total. The van der Waals surface area contributed by atoms with Crippen molar-refractivity contribution in [2.45, 2.75) is 52.1 Å². The standard InChI is InChI=1S/C44H32Cl4F6N8O6/c1-19-13-36(58-42(68)38(22(4)64)62-60-26-8-10-30(46)28(18-26)40(66)56-34-12-6-24(16-32(34)48)44(52,53)54)20(2)14-35(19)57-41(67)37(21(3)63)61-59-25-7-9-29(45)27(17-25)39(65)55-33-11-5-23(15-31(33)47)43(49,50)51/h5-18,37-38H,1-4H3,(H,55,65)(H,56,66)(H,57,67)(H,58,68). The number of carbonyl (C=O) groups is 6. The number of carbonyl (C=O) groups excluding carboxylic acids is 6. The van der Waals surface area contributed by atoms with Crippen molar-refractivity contribution in [1.82, 2.24) is 0 Å². The van der Waals surface area contributed by atoms with Crippen molar-refractivity contribution in [2.24, 2.45) is 20.5 Å². The van der Waals surface area contributed by atoms with Crippen LogP contribution in [0, 0.1) is 13.8 Å². The fourth-order valence-corrected chi connectivity index (χ4v) is 6.70. The summed E-state index contributed by atoms with van der Waals surface area (Å²) in [6.07, 6.45) is -9.34. The highest BCUT2D eigenvalue weighted by atomic mass is 35.5. The van der Waals surface area contributed by atoms with E-state index in [1.54, 1.807) is 13.8 Å². The van der Waals surface area contributed by atoms with Gasteiger partial charge in [-0.2, -0.15) is 46.8 Å². The minimum absolute atomic E-state index is 0.0291. The van der Waals surface area contributed by atoms with Crippen molar-refractivity contribution in [3.8, 4) is 0 Å². The van der Waals surface area contributed by atoms with Crippen molar-refractivity contribution < 1.29 is 55.1 Å². The number of rotatable bonds is 14. The zero-order valence-electron chi connectivity index (χ0n) is 35.3. The van der Waals surface area contributed by atoms with Crippen LogP contribution in [-0.2, 0) is 31.5 Å². The molecule has 0 spiro atoms. The molecule has 0 saturated carbocycles. The van der Waals surface area contributed by atoms with Crippen LogP contribution >= 0.6 is 46.4 Å². The molecule has 5 aromatic carbocycles. The molecule has 4 amide bonds. The lowest BCUT2D eigenvalue weighted by Crippen LogP contribution is -2.32. The third-order valence-electron chi connectivity index (χ3n) is 9.41. The molecule has 14 nitrogen and oxygen atoms in total. The second-order valence-corrected chi connectivity index (χ2v) is 16.2. The Kier molecular flexibility index (Phi) is 16.5. The summed E-state index contributed by atoms with van der Waals surface area (Å²) in [5.74, 6) is -5.00. The zero-order chi connectivity index (χ0) is 50.4. The Hall–Kier alpha value is -6.74. The summed E-state index contributed by atoms with van der Waals surface area (Å²) in [5, 5.41) is 24.6. The normalized spacial score (nSPS) is 12.7. The van der Waals surface area contributed by atoms with E-state index in [-0.39, 0.29) is 55.3 Å². The number of anilines is 4. The molecule has 2 unspecified atom stereocenters. The molecule has 0 fully saturated rings. The molecule has 0 aromatic heterocycles. The SMILES string of the molecule is CC(=O)C(N=Nc1ccc(Cl)c(C(=O)Nc2ccc(C(F)(F)F)cc2Cl)c1)C(=O)Nc1cc(C)c(NC(=O)C(N=Nc2ccc(Cl)c(C(=O)Nc3ccc(C(F)(F)F)cc3Cl)c2)C(C)=O)cc1C. The molecule has 0 saturated heterocycles. The van der Waals surface area contributed by atoms with E-state index in [0.717, 1.165) is 50.2 Å². The molecule has 5 aromatic rings. The fourth-order valence-electron chi connectivity index (χ4n) is 5.84. The van der Waals surface area contributed by atoms with E-state index >= 15 is 0 Å². The summed E-state index contributed by atoms with van der Waals surface area (Å²) in [6.45, 7) is 5.30. The topological polar surface area (TPSA) is 200 Å². The van der Waals surface area contributed by atoms with E-state index in [1.807, 2.05) is 0 Å². The molecular weight excluding hydrogens is 992 g/mol. The van der Waals surface area contributed by atoms with Gasteiger partial charge in [0.1, 0.15) is 0 Å². The highest BCUT2D eigenvalue weighted by molar-refractivity contribution is 6.37. The first-order valence-corrected chi connectivity index (χ1v) is 20.8. The molecule has 0 aliphatic carbocycles. The number of ketones is 2. The maximum atomic E-state index is 13.4. The molecule has 0 bridgehead atoms. The van der Waals surface area contributed by atoms with E-state index in [2.05, 4.69) is 41.7 Å².